The number of likely N-dealkylation sites (tertiary alicyclic amines) is 1. The van der Waals surface area contributed by atoms with Gasteiger partial charge in [0.15, 0.2) is 0 Å². The van der Waals surface area contributed by atoms with Crippen LogP contribution in [0.1, 0.15) is 57.6 Å². The SMILES string of the molecule is Cc1cc(N)c(F)cc1C1CCN(C(=O)OC(C)(C)C)C(C)C1. The minimum Gasteiger partial charge on any atom is -0.444 e. The molecule has 1 aliphatic rings. The Bertz CT molecular complexity index is 595. The number of carbonyl (C=O) groups excluding carboxylic acids is 1. The van der Waals surface area contributed by atoms with Crippen molar-refractivity contribution in [3.05, 3.63) is 29.1 Å². The molecule has 1 saturated heterocycles. The molecule has 2 atom stereocenters. The van der Waals surface area contributed by atoms with Gasteiger partial charge in [-0.05, 0) is 76.6 Å². The fraction of sp³-hybridized carbons (Fsp3) is 0.611. The van der Waals surface area contributed by atoms with Crippen LogP contribution < -0.4 is 5.73 Å². The van der Waals surface area contributed by atoms with E-state index in [1.54, 1.807) is 17.0 Å². The molecule has 128 valence electrons. The number of carbonyl (C=O) groups is 1. The molecular formula is C18H27FN2O2. The van der Waals surface area contributed by atoms with Crippen LogP contribution in [0.4, 0.5) is 14.9 Å². The Morgan fingerprint density at radius 2 is 2.04 bits per heavy atom. The predicted molar refractivity (Wildman–Crippen MR) is 89.9 cm³/mol. The molecule has 1 aromatic rings. The van der Waals surface area contributed by atoms with Crippen LogP contribution >= 0.6 is 0 Å². The normalized spacial score (nSPS) is 22.1. The lowest BCUT2D eigenvalue weighted by Gasteiger charge is -2.39. The van der Waals surface area contributed by atoms with Crippen LogP contribution in [0.25, 0.3) is 0 Å². The highest BCUT2D eigenvalue weighted by Gasteiger charge is 2.33. The van der Waals surface area contributed by atoms with Gasteiger partial charge in [-0.2, -0.15) is 0 Å². The van der Waals surface area contributed by atoms with E-state index >= 15 is 0 Å². The van der Waals surface area contributed by atoms with E-state index in [2.05, 4.69) is 0 Å². The van der Waals surface area contributed by atoms with Gasteiger partial charge in [-0.3, -0.25) is 0 Å². The number of rotatable bonds is 1. The molecule has 5 heteroatoms. The van der Waals surface area contributed by atoms with E-state index in [0.717, 1.165) is 24.0 Å². The second-order valence-electron chi connectivity index (χ2n) is 7.47. The molecule has 2 rings (SSSR count). The van der Waals surface area contributed by atoms with Gasteiger partial charge in [0.1, 0.15) is 11.4 Å². The van der Waals surface area contributed by atoms with E-state index in [1.807, 2.05) is 34.6 Å². The molecule has 1 amide bonds. The first-order chi connectivity index (χ1) is 10.6. The number of aryl methyl sites for hydroxylation is 1. The van der Waals surface area contributed by atoms with E-state index in [0.29, 0.717) is 6.54 Å². The number of benzene rings is 1. The molecule has 1 heterocycles. The van der Waals surface area contributed by atoms with Gasteiger partial charge in [0.25, 0.3) is 0 Å². The maximum absolute atomic E-state index is 13.8. The first-order valence-corrected chi connectivity index (χ1v) is 8.13. The van der Waals surface area contributed by atoms with Crippen molar-refractivity contribution >= 4 is 11.8 Å². The molecule has 2 N–H and O–H groups in total. The van der Waals surface area contributed by atoms with Gasteiger partial charge in [-0.1, -0.05) is 0 Å². The van der Waals surface area contributed by atoms with Crippen molar-refractivity contribution in [3.8, 4) is 0 Å². The summed E-state index contributed by atoms with van der Waals surface area (Å²) in [6.45, 7) is 10.2. The molecule has 0 radical (unpaired) electrons. The number of amides is 1. The van der Waals surface area contributed by atoms with Crippen molar-refractivity contribution < 1.29 is 13.9 Å². The van der Waals surface area contributed by atoms with Crippen molar-refractivity contribution in [2.75, 3.05) is 12.3 Å². The van der Waals surface area contributed by atoms with Crippen LogP contribution in [0, 0.1) is 12.7 Å². The molecule has 0 saturated carbocycles. The van der Waals surface area contributed by atoms with E-state index in [1.165, 1.54) is 0 Å². The summed E-state index contributed by atoms with van der Waals surface area (Å²) in [6, 6.07) is 3.30. The van der Waals surface area contributed by atoms with Gasteiger partial charge in [-0.15, -0.1) is 0 Å². The van der Waals surface area contributed by atoms with E-state index < -0.39 is 5.60 Å². The summed E-state index contributed by atoms with van der Waals surface area (Å²) in [5.74, 6) is -0.133. The minimum atomic E-state index is -0.496. The average Bonchev–Trinajstić information content (AvgIpc) is 2.40. The highest BCUT2D eigenvalue weighted by atomic mass is 19.1. The van der Waals surface area contributed by atoms with Crippen LogP contribution in [-0.4, -0.2) is 29.2 Å². The Kier molecular flexibility index (Phi) is 4.87. The molecule has 0 spiro atoms. The summed E-state index contributed by atoms with van der Waals surface area (Å²) in [5, 5.41) is 0. The Labute approximate surface area is 137 Å². The predicted octanol–water partition coefficient (Wildman–Crippen LogP) is 4.22. The van der Waals surface area contributed by atoms with Gasteiger partial charge >= 0.3 is 6.09 Å². The van der Waals surface area contributed by atoms with Crippen LogP contribution in [-0.2, 0) is 4.74 Å². The zero-order valence-corrected chi connectivity index (χ0v) is 14.6. The van der Waals surface area contributed by atoms with Crippen LogP contribution in [0.15, 0.2) is 12.1 Å². The van der Waals surface area contributed by atoms with Gasteiger partial charge in [0.2, 0.25) is 0 Å². The molecular weight excluding hydrogens is 295 g/mol. The van der Waals surface area contributed by atoms with E-state index in [-0.39, 0.29) is 29.6 Å². The number of halogens is 1. The number of ether oxygens (including phenoxy) is 1. The molecule has 0 aromatic heterocycles. The number of nitrogens with zero attached hydrogens (tertiary/aromatic N) is 1. The summed E-state index contributed by atoms with van der Waals surface area (Å²) in [7, 11) is 0. The number of anilines is 1. The Balaban J connectivity index is 2.10. The fourth-order valence-electron chi connectivity index (χ4n) is 3.21. The van der Waals surface area contributed by atoms with Crippen molar-refractivity contribution in [1.29, 1.82) is 0 Å². The third kappa shape index (κ3) is 4.15. The van der Waals surface area contributed by atoms with Crippen LogP contribution in [0.3, 0.4) is 0 Å². The van der Waals surface area contributed by atoms with Gasteiger partial charge in [0, 0.05) is 12.6 Å². The summed E-state index contributed by atoms with van der Waals surface area (Å²) >= 11 is 0. The van der Waals surface area contributed by atoms with Crippen molar-refractivity contribution in [2.24, 2.45) is 0 Å². The molecule has 1 aliphatic heterocycles. The molecule has 0 bridgehead atoms. The number of nitrogen functional groups attached to an aromatic ring is 1. The minimum absolute atomic E-state index is 0.0589. The quantitative estimate of drug-likeness (QED) is 0.788. The maximum Gasteiger partial charge on any atom is 0.410 e. The van der Waals surface area contributed by atoms with Crippen LogP contribution in [0.2, 0.25) is 0 Å². The Morgan fingerprint density at radius 1 is 1.39 bits per heavy atom. The standard InChI is InChI=1S/C18H27FN2O2/c1-11-8-16(20)15(19)10-14(11)13-6-7-21(12(2)9-13)17(22)23-18(3,4)5/h8,10,12-13H,6-7,9,20H2,1-5H3. The summed E-state index contributed by atoms with van der Waals surface area (Å²) < 4.78 is 19.3. The molecule has 0 aliphatic carbocycles. The van der Waals surface area contributed by atoms with E-state index in [9.17, 15) is 9.18 Å². The van der Waals surface area contributed by atoms with Crippen molar-refractivity contribution in [3.63, 3.8) is 0 Å². The lowest BCUT2D eigenvalue weighted by Crippen LogP contribution is -2.46. The first kappa shape index (κ1) is 17.6. The van der Waals surface area contributed by atoms with Crippen molar-refractivity contribution in [2.45, 2.75) is 65.0 Å². The lowest BCUT2D eigenvalue weighted by molar-refractivity contribution is 0.0103. The topological polar surface area (TPSA) is 55.6 Å². The highest BCUT2D eigenvalue weighted by molar-refractivity contribution is 5.68. The maximum atomic E-state index is 13.8. The molecule has 2 unspecified atom stereocenters. The summed E-state index contributed by atoms with van der Waals surface area (Å²) in [4.78, 5) is 14.0. The Hall–Kier alpha value is -1.78. The molecule has 23 heavy (non-hydrogen) atoms. The monoisotopic (exact) mass is 322 g/mol. The van der Waals surface area contributed by atoms with Gasteiger partial charge in [0.05, 0.1) is 5.69 Å². The summed E-state index contributed by atoms with van der Waals surface area (Å²) in [6.07, 6.45) is 1.32. The average molecular weight is 322 g/mol. The third-order valence-corrected chi connectivity index (χ3v) is 4.33. The fourth-order valence-corrected chi connectivity index (χ4v) is 3.21. The van der Waals surface area contributed by atoms with Crippen molar-refractivity contribution in [1.82, 2.24) is 4.90 Å². The van der Waals surface area contributed by atoms with Crippen LogP contribution in [0.5, 0.6) is 0 Å². The zero-order valence-electron chi connectivity index (χ0n) is 14.6. The number of piperidine rings is 1. The molecule has 1 fully saturated rings. The molecule has 4 nitrogen and oxygen atoms in total. The lowest BCUT2D eigenvalue weighted by atomic mass is 9.83. The zero-order chi connectivity index (χ0) is 17.4. The van der Waals surface area contributed by atoms with Gasteiger partial charge in [-0.25, -0.2) is 9.18 Å². The summed E-state index contributed by atoms with van der Waals surface area (Å²) in [5.41, 5.74) is 7.31. The second-order valence-corrected chi connectivity index (χ2v) is 7.47. The third-order valence-electron chi connectivity index (χ3n) is 4.33. The Morgan fingerprint density at radius 3 is 2.61 bits per heavy atom. The largest absolute Gasteiger partial charge is 0.444 e. The van der Waals surface area contributed by atoms with E-state index in [4.69, 9.17) is 10.5 Å². The number of hydrogen-bond acceptors (Lipinski definition) is 3. The van der Waals surface area contributed by atoms with Gasteiger partial charge < -0.3 is 15.4 Å². The first-order valence-electron chi connectivity index (χ1n) is 8.13. The smallest absolute Gasteiger partial charge is 0.410 e. The molecule has 1 aromatic carbocycles. The number of hydrogen-bond donors (Lipinski definition) is 1. The second kappa shape index (κ2) is 6.38. The highest BCUT2D eigenvalue weighted by Crippen LogP contribution is 2.35. The number of nitrogens with two attached hydrogens (primary N) is 1.